The highest BCUT2D eigenvalue weighted by molar-refractivity contribution is 7.22. The molecule has 2 heterocycles. The highest BCUT2D eigenvalue weighted by Crippen LogP contribution is 2.44. The molecule has 0 saturated carbocycles. The predicted molar refractivity (Wildman–Crippen MR) is 122 cm³/mol. The summed E-state index contributed by atoms with van der Waals surface area (Å²) in [5.74, 6) is -2.34. The minimum absolute atomic E-state index is 0.0473. The van der Waals surface area contributed by atoms with Gasteiger partial charge in [0, 0.05) is 10.6 Å². The number of thiazole rings is 1. The number of carbonyl (C=O) groups excluding carboxylic acids is 2. The monoisotopic (exact) mass is 464 g/mol. The molecule has 0 radical (unpaired) electrons. The van der Waals surface area contributed by atoms with Crippen molar-refractivity contribution >= 4 is 55.7 Å². The first-order valence-electron chi connectivity index (χ1n) is 9.62. The topological polar surface area (TPSA) is 70.5 Å². The molecule has 5 nitrogen and oxygen atoms in total. The van der Waals surface area contributed by atoms with Gasteiger partial charge in [-0.3, -0.25) is 14.5 Å². The Hall–Kier alpha value is -3.55. The molecule has 1 saturated heterocycles. The molecule has 3 aromatic carbocycles. The normalized spacial score (nSPS) is 17.9. The van der Waals surface area contributed by atoms with Gasteiger partial charge in [-0.05, 0) is 35.9 Å². The maximum absolute atomic E-state index is 13.7. The van der Waals surface area contributed by atoms with Crippen LogP contribution < -0.4 is 4.90 Å². The Labute approximate surface area is 191 Å². The van der Waals surface area contributed by atoms with E-state index in [0.29, 0.717) is 26.4 Å². The molecule has 4 aromatic rings. The molecule has 1 unspecified atom stereocenters. The van der Waals surface area contributed by atoms with Crippen molar-refractivity contribution in [3.63, 3.8) is 0 Å². The summed E-state index contributed by atoms with van der Waals surface area (Å²) in [6.45, 7) is 0. The lowest BCUT2D eigenvalue weighted by atomic mass is 9.95. The third kappa shape index (κ3) is 3.36. The summed E-state index contributed by atoms with van der Waals surface area (Å²) in [4.78, 5) is 32.0. The first-order valence-corrected chi connectivity index (χ1v) is 10.8. The van der Waals surface area contributed by atoms with Crippen LogP contribution in [0, 0.1) is 5.82 Å². The highest BCUT2D eigenvalue weighted by Gasteiger charge is 2.48. The Bertz CT molecular complexity index is 1400. The summed E-state index contributed by atoms with van der Waals surface area (Å²) in [7, 11) is 0. The van der Waals surface area contributed by atoms with Gasteiger partial charge in [0.25, 0.3) is 5.78 Å². The molecule has 0 spiro atoms. The third-order valence-corrected chi connectivity index (χ3v) is 6.49. The fourth-order valence-electron chi connectivity index (χ4n) is 3.73. The lowest BCUT2D eigenvalue weighted by molar-refractivity contribution is -0.132. The predicted octanol–water partition coefficient (Wildman–Crippen LogP) is 5.72. The number of ketones is 1. The van der Waals surface area contributed by atoms with Crippen molar-refractivity contribution in [3.8, 4) is 0 Å². The van der Waals surface area contributed by atoms with Gasteiger partial charge in [-0.1, -0.05) is 65.4 Å². The van der Waals surface area contributed by atoms with Gasteiger partial charge < -0.3 is 5.11 Å². The van der Waals surface area contributed by atoms with Crippen LogP contribution in [0.5, 0.6) is 0 Å². The number of fused-ring (bicyclic) bond motifs is 1. The Morgan fingerprint density at radius 2 is 1.75 bits per heavy atom. The maximum Gasteiger partial charge on any atom is 0.301 e. The Morgan fingerprint density at radius 1 is 1.03 bits per heavy atom. The molecule has 1 fully saturated rings. The second-order valence-electron chi connectivity index (χ2n) is 7.20. The van der Waals surface area contributed by atoms with Crippen molar-refractivity contribution < 1.29 is 19.1 Å². The summed E-state index contributed by atoms with van der Waals surface area (Å²) in [6, 6.07) is 18.4. The number of aromatic nitrogens is 1. The van der Waals surface area contributed by atoms with Crippen molar-refractivity contribution in [2.24, 2.45) is 0 Å². The number of aliphatic hydroxyl groups is 1. The number of hydrogen-bond acceptors (Lipinski definition) is 5. The first-order chi connectivity index (χ1) is 15.4. The van der Waals surface area contributed by atoms with Gasteiger partial charge in [0.1, 0.15) is 11.6 Å². The smallest absolute Gasteiger partial charge is 0.301 e. The SMILES string of the molecule is O=C1C(=O)N(c2nc3ccc(F)cc3s2)C(c2ccc(Cl)cc2)C1=C(O)c1ccccc1. The molecular formula is C24H14ClFN2O3S. The summed E-state index contributed by atoms with van der Waals surface area (Å²) < 4.78 is 14.2. The fraction of sp³-hybridized carbons (Fsp3) is 0.0417. The van der Waals surface area contributed by atoms with Crippen LogP contribution in [0.3, 0.4) is 0 Å². The molecule has 1 aromatic heterocycles. The summed E-state index contributed by atoms with van der Waals surface area (Å²) in [6.07, 6.45) is 0. The van der Waals surface area contributed by atoms with Crippen molar-refractivity contribution in [1.29, 1.82) is 0 Å². The van der Waals surface area contributed by atoms with Gasteiger partial charge in [0.05, 0.1) is 21.8 Å². The number of hydrogen-bond donors (Lipinski definition) is 1. The van der Waals surface area contributed by atoms with Gasteiger partial charge >= 0.3 is 5.91 Å². The number of halogens is 2. The molecular weight excluding hydrogens is 451 g/mol. The maximum atomic E-state index is 13.7. The Balaban J connectivity index is 1.73. The number of anilines is 1. The summed E-state index contributed by atoms with van der Waals surface area (Å²) in [5, 5.41) is 11.7. The molecule has 1 N–H and O–H groups in total. The average molecular weight is 465 g/mol. The van der Waals surface area contributed by atoms with Crippen LogP contribution in [0.15, 0.2) is 78.4 Å². The van der Waals surface area contributed by atoms with Crippen LogP contribution in [0.2, 0.25) is 5.02 Å². The van der Waals surface area contributed by atoms with E-state index in [1.807, 2.05) is 0 Å². The molecule has 1 aliphatic heterocycles. The van der Waals surface area contributed by atoms with Crippen molar-refractivity contribution in [2.75, 3.05) is 4.90 Å². The van der Waals surface area contributed by atoms with E-state index in [1.165, 1.54) is 23.1 Å². The summed E-state index contributed by atoms with van der Waals surface area (Å²) >= 11 is 7.13. The summed E-state index contributed by atoms with van der Waals surface area (Å²) in [5.41, 5.74) is 1.45. The third-order valence-electron chi connectivity index (χ3n) is 5.22. The Kier molecular flexibility index (Phi) is 5.00. The lowest BCUT2D eigenvalue weighted by Gasteiger charge is -2.23. The second-order valence-corrected chi connectivity index (χ2v) is 8.64. The van der Waals surface area contributed by atoms with Crippen LogP contribution in [0.4, 0.5) is 9.52 Å². The van der Waals surface area contributed by atoms with Crippen LogP contribution in [0.25, 0.3) is 16.0 Å². The minimum Gasteiger partial charge on any atom is -0.507 e. The molecule has 32 heavy (non-hydrogen) atoms. The number of amides is 1. The fourth-order valence-corrected chi connectivity index (χ4v) is 4.87. The zero-order valence-electron chi connectivity index (χ0n) is 16.3. The van der Waals surface area contributed by atoms with Gasteiger partial charge in [-0.15, -0.1) is 0 Å². The van der Waals surface area contributed by atoms with Crippen molar-refractivity contribution in [3.05, 3.63) is 100 Å². The van der Waals surface area contributed by atoms with Crippen molar-refractivity contribution in [1.82, 2.24) is 4.98 Å². The van der Waals surface area contributed by atoms with Crippen molar-refractivity contribution in [2.45, 2.75) is 6.04 Å². The van der Waals surface area contributed by atoms with Gasteiger partial charge in [0.15, 0.2) is 5.13 Å². The number of benzene rings is 3. The van der Waals surface area contributed by atoms with E-state index >= 15 is 0 Å². The molecule has 1 amide bonds. The Morgan fingerprint density at radius 3 is 2.47 bits per heavy atom. The van der Waals surface area contributed by atoms with Crippen LogP contribution in [0.1, 0.15) is 17.2 Å². The average Bonchev–Trinajstić information content (AvgIpc) is 3.32. The van der Waals surface area contributed by atoms with Gasteiger partial charge in [-0.2, -0.15) is 0 Å². The minimum atomic E-state index is -0.919. The number of Topliss-reactive ketones (excluding diaryl/α,β-unsaturated/α-hetero) is 1. The van der Waals surface area contributed by atoms with Crippen LogP contribution in [-0.4, -0.2) is 21.8 Å². The number of nitrogens with zero attached hydrogens (tertiary/aromatic N) is 2. The molecule has 0 bridgehead atoms. The van der Waals surface area contributed by atoms with E-state index < -0.39 is 23.5 Å². The molecule has 158 valence electrons. The number of rotatable bonds is 3. The number of carbonyl (C=O) groups is 2. The van der Waals surface area contributed by atoms with E-state index in [4.69, 9.17) is 11.6 Å². The largest absolute Gasteiger partial charge is 0.507 e. The van der Waals surface area contributed by atoms with E-state index in [9.17, 15) is 19.1 Å². The highest BCUT2D eigenvalue weighted by atomic mass is 35.5. The lowest BCUT2D eigenvalue weighted by Crippen LogP contribution is -2.29. The quantitative estimate of drug-likeness (QED) is 0.239. The van der Waals surface area contributed by atoms with Crippen LogP contribution >= 0.6 is 22.9 Å². The standard InChI is InChI=1S/C24H14ClFN2O3S/c25-15-8-6-13(7-9-15)20-19(21(29)14-4-2-1-3-5-14)22(30)23(31)28(20)24-27-17-11-10-16(26)12-18(17)32-24/h1-12,20,29H. The van der Waals surface area contributed by atoms with E-state index in [2.05, 4.69) is 4.98 Å². The van der Waals surface area contributed by atoms with E-state index in [1.54, 1.807) is 54.6 Å². The molecule has 1 aliphatic rings. The molecule has 0 aliphatic carbocycles. The van der Waals surface area contributed by atoms with Gasteiger partial charge in [-0.25, -0.2) is 9.37 Å². The van der Waals surface area contributed by atoms with E-state index in [0.717, 1.165) is 11.3 Å². The van der Waals surface area contributed by atoms with Crippen LogP contribution in [-0.2, 0) is 9.59 Å². The van der Waals surface area contributed by atoms with Gasteiger partial charge in [0.2, 0.25) is 0 Å². The second kappa shape index (κ2) is 7.85. The molecule has 5 rings (SSSR count). The molecule has 8 heteroatoms. The molecule has 1 atom stereocenters. The zero-order chi connectivity index (χ0) is 22.4. The van der Waals surface area contributed by atoms with E-state index in [-0.39, 0.29) is 16.5 Å². The number of aliphatic hydroxyl groups excluding tert-OH is 1. The first kappa shape index (κ1) is 20.4. The zero-order valence-corrected chi connectivity index (χ0v) is 17.9.